The van der Waals surface area contributed by atoms with Gasteiger partial charge in [0.25, 0.3) is 0 Å². The van der Waals surface area contributed by atoms with E-state index in [0.29, 0.717) is 12.3 Å². The number of anilines is 1. The zero-order chi connectivity index (χ0) is 15.2. The van der Waals surface area contributed by atoms with Crippen LogP contribution < -0.4 is 5.32 Å². The number of aliphatic hydroxyl groups is 1. The van der Waals surface area contributed by atoms with Crippen molar-refractivity contribution >= 4 is 28.2 Å². The molecule has 21 heavy (non-hydrogen) atoms. The molecule has 1 aliphatic rings. The zero-order valence-electron chi connectivity index (χ0n) is 12.8. The summed E-state index contributed by atoms with van der Waals surface area (Å²) in [5.74, 6) is 0.640. The van der Waals surface area contributed by atoms with Crippen LogP contribution in [-0.4, -0.2) is 70.4 Å². The summed E-state index contributed by atoms with van der Waals surface area (Å²) in [5, 5.41) is 22.3. The van der Waals surface area contributed by atoms with Gasteiger partial charge in [0.15, 0.2) is 4.34 Å². The van der Waals surface area contributed by atoms with Gasteiger partial charge in [-0.25, -0.2) is 0 Å². The Balaban J connectivity index is 1.72. The first-order valence-electron chi connectivity index (χ1n) is 7.32. The molecule has 0 saturated carbocycles. The van der Waals surface area contributed by atoms with Gasteiger partial charge in [-0.05, 0) is 20.8 Å². The fraction of sp³-hybridized carbons (Fsp3) is 0.846. The monoisotopic (exact) mass is 332 g/mol. The van der Waals surface area contributed by atoms with Crippen LogP contribution in [0.1, 0.15) is 20.8 Å². The largest absolute Gasteiger partial charge is 0.391 e. The summed E-state index contributed by atoms with van der Waals surface area (Å²) in [6.07, 6.45) is 0.109. The van der Waals surface area contributed by atoms with Crippen molar-refractivity contribution in [1.29, 1.82) is 0 Å². The molecule has 3 atom stereocenters. The zero-order valence-corrected chi connectivity index (χ0v) is 14.4. The second-order valence-corrected chi connectivity index (χ2v) is 7.59. The van der Waals surface area contributed by atoms with Crippen LogP contribution in [0.15, 0.2) is 4.34 Å². The van der Waals surface area contributed by atoms with Gasteiger partial charge in [0.2, 0.25) is 5.13 Å². The Morgan fingerprint density at radius 3 is 2.81 bits per heavy atom. The first-order valence-corrected chi connectivity index (χ1v) is 9.13. The normalized spacial score (nSPS) is 25.0. The van der Waals surface area contributed by atoms with E-state index in [1.807, 2.05) is 6.92 Å². The Morgan fingerprint density at radius 2 is 2.14 bits per heavy atom. The average molecular weight is 332 g/mol. The third-order valence-corrected chi connectivity index (χ3v) is 5.26. The van der Waals surface area contributed by atoms with Crippen LogP contribution in [0.2, 0.25) is 0 Å². The van der Waals surface area contributed by atoms with Gasteiger partial charge in [0.1, 0.15) is 0 Å². The number of rotatable bonds is 7. The number of hydrogen-bond acceptors (Lipinski definition) is 8. The maximum Gasteiger partial charge on any atom is 0.206 e. The predicted octanol–water partition coefficient (Wildman–Crippen LogP) is 1.53. The molecule has 0 amide bonds. The lowest BCUT2D eigenvalue weighted by Crippen LogP contribution is -2.48. The highest BCUT2D eigenvalue weighted by atomic mass is 32.2. The summed E-state index contributed by atoms with van der Waals surface area (Å²) >= 11 is 3.09. The Labute approximate surface area is 134 Å². The molecule has 1 aliphatic heterocycles. The molecule has 2 rings (SSSR count). The van der Waals surface area contributed by atoms with E-state index in [-0.39, 0.29) is 18.3 Å². The van der Waals surface area contributed by atoms with E-state index in [9.17, 15) is 5.11 Å². The fourth-order valence-corrected chi connectivity index (χ4v) is 4.20. The van der Waals surface area contributed by atoms with Gasteiger partial charge in [-0.3, -0.25) is 4.90 Å². The molecule has 1 aromatic heterocycles. The SMILES string of the molecule is CCNc1nnc(SCC(O)CN2CC(C)OC(C)C2)s1. The van der Waals surface area contributed by atoms with Gasteiger partial charge in [-0.1, -0.05) is 23.1 Å². The number of morpholine rings is 1. The molecule has 1 aromatic rings. The Hall–Kier alpha value is -0.410. The van der Waals surface area contributed by atoms with Crippen LogP contribution in [0.3, 0.4) is 0 Å². The highest BCUT2D eigenvalue weighted by molar-refractivity contribution is 8.01. The van der Waals surface area contributed by atoms with E-state index in [0.717, 1.165) is 29.1 Å². The fourth-order valence-electron chi connectivity index (χ4n) is 2.44. The van der Waals surface area contributed by atoms with Crippen LogP contribution in [0.25, 0.3) is 0 Å². The van der Waals surface area contributed by atoms with Crippen LogP contribution in [0.5, 0.6) is 0 Å². The quantitative estimate of drug-likeness (QED) is 0.734. The second kappa shape index (κ2) is 8.28. The van der Waals surface area contributed by atoms with Crippen LogP contribution in [0, 0.1) is 0 Å². The molecule has 120 valence electrons. The summed E-state index contributed by atoms with van der Waals surface area (Å²) in [7, 11) is 0. The van der Waals surface area contributed by atoms with Crippen LogP contribution >= 0.6 is 23.1 Å². The number of aromatic nitrogens is 2. The molecular weight excluding hydrogens is 308 g/mol. The van der Waals surface area contributed by atoms with Gasteiger partial charge in [-0.15, -0.1) is 10.2 Å². The molecule has 0 bridgehead atoms. The molecule has 0 spiro atoms. The van der Waals surface area contributed by atoms with Crippen molar-refractivity contribution in [3.63, 3.8) is 0 Å². The van der Waals surface area contributed by atoms with Crippen LogP contribution in [0.4, 0.5) is 5.13 Å². The third kappa shape index (κ3) is 5.71. The van der Waals surface area contributed by atoms with Crippen LogP contribution in [-0.2, 0) is 4.74 Å². The minimum Gasteiger partial charge on any atom is -0.391 e. The number of nitrogens with zero attached hydrogens (tertiary/aromatic N) is 3. The smallest absolute Gasteiger partial charge is 0.206 e. The van der Waals surface area contributed by atoms with E-state index in [1.165, 1.54) is 11.3 Å². The van der Waals surface area contributed by atoms with Crippen molar-refractivity contribution in [2.75, 3.05) is 37.2 Å². The number of hydrogen-bond donors (Lipinski definition) is 2. The molecule has 2 N–H and O–H groups in total. The van der Waals surface area contributed by atoms with E-state index in [2.05, 4.69) is 34.3 Å². The highest BCUT2D eigenvalue weighted by Crippen LogP contribution is 2.26. The number of nitrogens with one attached hydrogen (secondary N) is 1. The summed E-state index contributed by atoms with van der Waals surface area (Å²) < 4.78 is 6.60. The first kappa shape index (κ1) is 17.0. The lowest BCUT2D eigenvalue weighted by Gasteiger charge is -2.36. The predicted molar refractivity (Wildman–Crippen MR) is 87.3 cm³/mol. The maximum absolute atomic E-state index is 10.2. The molecule has 0 aliphatic carbocycles. The number of β-amino-alcohol motifs (C(OH)–C–C–N with tert-alkyl or cyclic N) is 1. The second-order valence-electron chi connectivity index (χ2n) is 5.34. The van der Waals surface area contributed by atoms with Gasteiger partial charge >= 0.3 is 0 Å². The van der Waals surface area contributed by atoms with Gasteiger partial charge in [0, 0.05) is 31.9 Å². The third-order valence-electron chi connectivity index (χ3n) is 3.10. The molecule has 3 unspecified atom stereocenters. The van der Waals surface area contributed by atoms with Gasteiger partial charge < -0.3 is 15.2 Å². The summed E-state index contributed by atoms with van der Waals surface area (Å²) in [6, 6.07) is 0. The van der Waals surface area contributed by atoms with Crippen molar-refractivity contribution in [3.05, 3.63) is 0 Å². The molecule has 1 saturated heterocycles. The highest BCUT2D eigenvalue weighted by Gasteiger charge is 2.23. The molecule has 6 nitrogen and oxygen atoms in total. The van der Waals surface area contributed by atoms with Crippen molar-refractivity contribution in [1.82, 2.24) is 15.1 Å². The lowest BCUT2D eigenvalue weighted by atomic mass is 10.2. The molecule has 8 heteroatoms. The number of thioether (sulfide) groups is 1. The van der Waals surface area contributed by atoms with Crippen molar-refractivity contribution in [3.8, 4) is 0 Å². The van der Waals surface area contributed by atoms with Crippen molar-refractivity contribution in [2.24, 2.45) is 0 Å². The Kier molecular flexibility index (Phi) is 6.69. The van der Waals surface area contributed by atoms with Crippen molar-refractivity contribution in [2.45, 2.75) is 43.4 Å². The van der Waals surface area contributed by atoms with E-state index in [1.54, 1.807) is 11.8 Å². The molecule has 0 aromatic carbocycles. The first-order chi connectivity index (χ1) is 10.1. The standard InChI is InChI=1S/C13H24N4O2S2/c1-4-14-12-15-16-13(21-12)20-8-11(18)7-17-5-9(2)19-10(3)6-17/h9-11,18H,4-8H2,1-3H3,(H,14,15). The van der Waals surface area contributed by atoms with Crippen molar-refractivity contribution < 1.29 is 9.84 Å². The average Bonchev–Trinajstić information content (AvgIpc) is 2.83. The Bertz CT molecular complexity index is 422. The van der Waals surface area contributed by atoms with Gasteiger partial charge in [0.05, 0.1) is 18.3 Å². The molecular formula is C13H24N4O2S2. The lowest BCUT2D eigenvalue weighted by molar-refractivity contribution is -0.0750. The van der Waals surface area contributed by atoms with Gasteiger partial charge in [-0.2, -0.15) is 0 Å². The topological polar surface area (TPSA) is 70.5 Å². The molecule has 0 radical (unpaired) electrons. The van der Waals surface area contributed by atoms with E-state index in [4.69, 9.17) is 4.74 Å². The minimum absolute atomic E-state index is 0.236. The number of aliphatic hydroxyl groups excluding tert-OH is 1. The van der Waals surface area contributed by atoms with E-state index < -0.39 is 0 Å². The Morgan fingerprint density at radius 1 is 1.43 bits per heavy atom. The number of ether oxygens (including phenoxy) is 1. The molecule has 1 fully saturated rings. The maximum atomic E-state index is 10.2. The summed E-state index contributed by atoms with van der Waals surface area (Å²) in [4.78, 5) is 2.27. The summed E-state index contributed by atoms with van der Waals surface area (Å²) in [5.41, 5.74) is 0. The minimum atomic E-state index is -0.362. The molecule has 2 heterocycles. The summed E-state index contributed by atoms with van der Waals surface area (Å²) in [6.45, 7) is 9.48. The van der Waals surface area contributed by atoms with E-state index >= 15 is 0 Å².